The van der Waals surface area contributed by atoms with E-state index in [1.807, 2.05) is 30.3 Å². The zero-order valence-electron chi connectivity index (χ0n) is 13.0. The van der Waals surface area contributed by atoms with Gasteiger partial charge in [0.1, 0.15) is 12.7 Å². The Morgan fingerprint density at radius 1 is 1.29 bits per heavy atom. The van der Waals surface area contributed by atoms with E-state index in [0.29, 0.717) is 17.5 Å². The number of hydrogen-bond acceptors (Lipinski definition) is 5. The summed E-state index contributed by atoms with van der Waals surface area (Å²) in [7, 11) is 0. The lowest BCUT2D eigenvalue weighted by atomic mass is 10.0. The van der Waals surface area contributed by atoms with E-state index in [2.05, 4.69) is 10.3 Å². The number of hydrogen-bond donors (Lipinski definition) is 4. The molecule has 0 aliphatic heterocycles. The third-order valence-electron chi connectivity index (χ3n) is 3.48. The van der Waals surface area contributed by atoms with Gasteiger partial charge in [-0.2, -0.15) is 0 Å². The van der Waals surface area contributed by atoms with Gasteiger partial charge in [0.2, 0.25) is 0 Å². The second kappa shape index (κ2) is 8.85. The van der Waals surface area contributed by atoms with Gasteiger partial charge >= 0.3 is 6.09 Å². The molecule has 1 heterocycles. The van der Waals surface area contributed by atoms with Gasteiger partial charge in [-0.15, -0.1) is 0 Å². The number of rotatable bonds is 8. The van der Waals surface area contributed by atoms with Gasteiger partial charge in [-0.05, 0) is 18.1 Å². The summed E-state index contributed by atoms with van der Waals surface area (Å²) in [6.07, 6.45) is -0.591. The van der Waals surface area contributed by atoms with Gasteiger partial charge in [-0.1, -0.05) is 30.3 Å². The summed E-state index contributed by atoms with van der Waals surface area (Å²) in [4.78, 5) is 24.8. The molecule has 1 amide bonds. The molecule has 7 nitrogen and oxygen atoms in total. The molecule has 7 heteroatoms. The average molecular weight is 332 g/mol. The number of aromatic nitrogens is 1. The minimum absolute atomic E-state index is 0.142. The Kier molecular flexibility index (Phi) is 6.53. The molecular weight excluding hydrogens is 312 g/mol. The molecule has 0 saturated heterocycles. The minimum atomic E-state index is -1.14. The molecule has 4 N–H and O–H groups in total. The fourth-order valence-corrected chi connectivity index (χ4v) is 2.14. The van der Waals surface area contributed by atoms with Crippen LogP contribution < -0.4 is 5.32 Å². The molecule has 0 saturated carbocycles. The summed E-state index contributed by atoms with van der Waals surface area (Å²) in [5.41, 5.74) is 1.61. The van der Waals surface area contributed by atoms with E-state index >= 15 is 0 Å². The zero-order valence-corrected chi connectivity index (χ0v) is 13.0. The van der Waals surface area contributed by atoms with Crippen LogP contribution in [0.4, 0.5) is 4.79 Å². The van der Waals surface area contributed by atoms with Crippen LogP contribution in [-0.4, -0.2) is 40.2 Å². The van der Waals surface area contributed by atoms with Crippen LogP contribution in [0.25, 0.3) is 0 Å². The number of aliphatic hydroxyl groups is 2. The van der Waals surface area contributed by atoms with Gasteiger partial charge in [0.15, 0.2) is 6.29 Å². The van der Waals surface area contributed by atoms with Crippen molar-refractivity contribution in [3.63, 3.8) is 0 Å². The maximum Gasteiger partial charge on any atom is 0.407 e. The first-order valence-electron chi connectivity index (χ1n) is 7.54. The Hall–Kier alpha value is -2.64. The molecule has 1 aromatic heterocycles. The first-order valence-corrected chi connectivity index (χ1v) is 7.54. The first-order chi connectivity index (χ1) is 11.6. The molecular formula is C17H20N2O5. The van der Waals surface area contributed by atoms with Crippen LogP contribution in [0.15, 0.2) is 42.6 Å². The second-order valence-corrected chi connectivity index (χ2v) is 5.30. The molecule has 0 fully saturated rings. The SMILES string of the molecule is O=Cc1cc(C(O)C(O)CCNC(=O)OCc2ccccc2)c[nH]1. The number of carbonyl (C=O) groups is 2. The summed E-state index contributed by atoms with van der Waals surface area (Å²) in [5, 5.41) is 22.4. The highest BCUT2D eigenvalue weighted by Crippen LogP contribution is 2.19. The number of nitrogens with one attached hydrogen (secondary N) is 2. The predicted octanol–water partition coefficient (Wildman–Crippen LogP) is 1.54. The highest BCUT2D eigenvalue weighted by molar-refractivity contribution is 5.72. The van der Waals surface area contributed by atoms with Crippen LogP contribution in [0.2, 0.25) is 0 Å². The van der Waals surface area contributed by atoms with Crippen molar-refractivity contribution in [2.75, 3.05) is 6.54 Å². The third kappa shape index (κ3) is 5.22. The molecule has 1 aromatic carbocycles. The lowest BCUT2D eigenvalue weighted by molar-refractivity contribution is 0.0137. The molecule has 0 aliphatic carbocycles. The number of carbonyl (C=O) groups excluding carboxylic acids is 2. The highest BCUT2D eigenvalue weighted by Gasteiger charge is 2.19. The van der Waals surface area contributed by atoms with Gasteiger partial charge in [-0.25, -0.2) is 4.79 Å². The van der Waals surface area contributed by atoms with Gasteiger partial charge < -0.3 is 25.3 Å². The quantitative estimate of drug-likeness (QED) is 0.548. The Morgan fingerprint density at radius 2 is 2.04 bits per heavy atom. The number of aldehydes is 1. The molecule has 2 atom stereocenters. The van der Waals surface area contributed by atoms with Gasteiger partial charge in [0.25, 0.3) is 0 Å². The number of aliphatic hydroxyl groups excluding tert-OH is 2. The molecule has 24 heavy (non-hydrogen) atoms. The summed E-state index contributed by atoms with van der Waals surface area (Å²) < 4.78 is 5.03. The number of alkyl carbamates (subject to hydrolysis) is 1. The van der Waals surface area contributed by atoms with Crippen molar-refractivity contribution in [2.24, 2.45) is 0 Å². The molecule has 0 radical (unpaired) electrons. The fraction of sp³-hybridized carbons (Fsp3) is 0.294. The average Bonchev–Trinajstić information content (AvgIpc) is 3.09. The van der Waals surface area contributed by atoms with Crippen molar-refractivity contribution in [3.05, 3.63) is 59.4 Å². The molecule has 2 aromatic rings. The summed E-state index contributed by atoms with van der Waals surface area (Å²) >= 11 is 0. The van der Waals surface area contributed by atoms with Crippen molar-refractivity contribution in [1.29, 1.82) is 0 Å². The number of amides is 1. The number of ether oxygens (including phenoxy) is 1. The molecule has 0 spiro atoms. The van der Waals surface area contributed by atoms with Crippen molar-refractivity contribution < 1.29 is 24.5 Å². The number of benzene rings is 1. The lowest BCUT2D eigenvalue weighted by Crippen LogP contribution is -2.29. The van der Waals surface area contributed by atoms with Crippen molar-refractivity contribution >= 4 is 12.4 Å². The van der Waals surface area contributed by atoms with E-state index in [1.54, 1.807) is 0 Å². The molecule has 128 valence electrons. The normalized spacial score (nSPS) is 13.1. The fourth-order valence-electron chi connectivity index (χ4n) is 2.14. The Bertz CT molecular complexity index is 656. The van der Waals surface area contributed by atoms with Crippen LogP contribution in [-0.2, 0) is 11.3 Å². The van der Waals surface area contributed by atoms with E-state index in [4.69, 9.17) is 4.74 Å². The van der Waals surface area contributed by atoms with Crippen molar-refractivity contribution in [3.8, 4) is 0 Å². The molecule has 2 unspecified atom stereocenters. The van der Waals surface area contributed by atoms with Crippen LogP contribution >= 0.6 is 0 Å². The van der Waals surface area contributed by atoms with Gasteiger partial charge in [0, 0.05) is 18.3 Å². The number of H-pyrrole nitrogens is 1. The summed E-state index contributed by atoms with van der Waals surface area (Å²) in [5.74, 6) is 0. The molecule has 0 aliphatic rings. The van der Waals surface area contributed by atoms with E-state index in [1.165, 1.54) is 12.3 Å². The van der Waals surface area contributed by atoms with Crippen LogP contribution in [0, 0.1) is 0 Å². The van der Waals surface area contributed by atoms with E-state index < -0.39 is 18.3 Å². The first kappa shape index (κ1) is 17.7. The van der Waals surface area contributed by atoms with Gasteiger partial charge in [-0.3, -0.25) is 4.79 Å². The maximum absolute atomic E-state index is 11.6. The smallest absolute Gasteiger partial charge is 0.407 e. The summed E-state index contributed by atoms with van der Waals surface area (Å²) in [6, 6.07) is 10.7. The Balaban J connectivity index is 1.68. The molecule has 2 rings (SSSR count). The Labute approximate surface area is 139 Å². The van der Waals surface area contributed by atoms with Gasteiger partial charge in [0.05, 0.1) is 11.8 Å². The highest BCUT2D eigenvalue weighted by atomic mass is 16.5. The van der Waals surface area contributed by atoms with Crippen molar-refractivity contribution in [2.45, 2.75) is 25.2 Å². The van der Waals surface area contributed by atoms with E-state index in [9.17, 15) is 19.8 Å². The van der Waals surface area contributed by atoms with Crippen LogP contribution in [0.5, 0.6) is 0 Å². The van der Waals surface area contributed by atoms with E-state index in [0.717, 1.165) is 5.56 Å². The third-order valence-corrected chi connectivity index (χ3v) is 3.48. The standard InChI is InChI=1S/C17H20N2O5/c20-10-14-8-13(9-19-14)16(22)15(21)6-7-18-17(23)24-11-12-4-2-1-3-5-12/h1-5,8-10,15-16,19,21-22H,6-7,11H2,(H,18,23). The van der Waals surface area contributed by atoms with Crippen LogP contribution in [0.3, 0.4) is 0 Å². The largest absolute Gasteiger partial charge is 0.445 e. The lowest BCUT2D eigenvalue weighted by Gasteiger charge is -2.17. The zero-order chi connectivity index (χ0) is 17.4. The van der Waals surface area contributed by atoms with Crippen molar-refractivity contribution in [1.82, 2.24) is 10.3 Å². The topological polar surface area (TPSA) is 112 Å². The predicted molar refractivity (Wildman–Crippen MR) is 86.4 cm³/mol. The molecule has 0 bridgehead atoms. The monoisotopic (exact) mass is 332 g/mol. The second-order valence-electron chi connectivity index (χ2n) is 5.30. The Morgan fingerprint density at radius 3 is 2.71 bits per heavy atom. The maximum atomic E-state index is 11.6. The minimum Gasteiger partial charge on any atom is -0.445 e. The van der Waals surface area contributed by atoms with E-state index in [-0.39, 0.29) is 19.6 Å². The van der Waals surface area contributed by atoms with Crippen LogP contribution in [0.1, 0.15) is 34.1 Å². The number of aromatic amines is 1. The summed E-state index contributed by atoms with van der Waals surface area (Å²) in [6.45, 7) is 0.312.